The lowest BCUT2D eigenvalue weighted by Gasteiger charge is -2.29. The molecule has 1 amide bonds. The Hall–Kier alpha value is -2.13. The molecule has 0 spiro atoms. The Balaban J connectivity index is 1.89. The second-order valence-electron chi connectivity index (χ2n) is 5.08. The molecule has 0 bridgehead atoms. The zero-order valence-corrected chi connectivity index (χ0v) is 11.3. The van der Waals surface area contributed by atoms with Crippen molar-refractivity contribution in [2.24, 2.45) is 0 Å². The number of hydrogen-bond donors (Lipinski definition) is 1. The minimum Gasteiger partial charge on any atom is -0.290 e. The average molecular weight is 266 g/mol. The third-order valence-electron chi connectivity index (χ3n) is 3.96. The van der Waals surface area contributed by atoms with Gasteiger partial charge in [-0.3, -0.25) is 10.2 Å². The van der Waals surface area contributed by atoms with Crippen molar-refractivity contribution in [3.63, 3.8) is 0 Å². The maximum atomic E-state index is 11.0. The van der Waals surface area contributed by atoms with Crippen molar-refractivity contribution in [3.8, 4) is 0 Å². The molecule has 1 aliphatic heterocycles. The number of nitrogens with zero attached hydrogens (tertiary/aromatic N) is 1. The first-order valence-corrected chi connectivity index (χ1v) is 6.98. The van der Waals surface area contributed by atoms with E-state index >= 15 is 0 Å². The van der Waals surface area contributed by atoms with Crippen LogP contribution in [0.25, 0.3) is 0 Å². The van der Waals surface area contributed by atoms with Crippen LogP contribution in [0, 0.1) is 0 Å². The lowest BCUT2D eigenvalue weighted by atomic mass is 10.0. The fraction of sp³-hybridized carbons (Fsp3) is 0.235. The Morgan fingerprint density at radius 2 is 1.30 bits per heavy atom. The van der Waals surface area contributed by atoms with Crippen molar-refractivity contribution in [3.05, 3.63) is 71.8 Å². The number of benzene rings is 2. The Labute approximate surface area is 119 Å². The third-order valence-corrected chi connectivity index (χ3v) is 3.96. The van der Waals surface area contributed by atoms with E-state index in [1.165, 1.54) is 11.1 Å². The topological polar surface area (TPSA) is 32.3 Å². The number of nitrogens with one attached hydrogen (secondary N) is 1. The molecule has 1 saturated heterocycles. The highest BCUT2D eigenvalue weighted by Gasteiger charge is 2.35. The van der Waals surface area contributed by atoms with E-state index in [1.807, 2.05) is 36.4 Å². The maximum Gasteiger partial charge on any atom is 0.221 e. The quantitative estimate of drug-likeness (QED) is 0.862. The van der Waals surface area contributed by atoms with Crippen LogP contribution in [-0.4, -0.2) is 11.4 Å². The zero-order chi connectivity index (χ0) is 13.8. The van der Waals surface area contributed by atoms with E-state index < -0.39 is 0 Å². The summed E-state index contributed by atoms with van der Waals surface area (Å²) in [7, 11) is 0. The molecular formula is C17H18N2O. The van der Waals surface area contributed by atoms with Gasteiger partial charge in [-0.2, -0.15) is 0 Å². The van der Waals surface area contributed by atoms with Gasteiger partial charge in [0.05, 0.1) is 12.1 Å². The Morgan fingerprint density at radius 1 is 0.850 bits per heavy atom. The second-order valence-corrected chi connectivity index (χ2v) is 5.08. The molecule has 2 aromatic carbocycles. The number of hydrazine groups is 1. The predicted octanol–water partition coefficient (Wildman–Crippen LogP) is 3.23. The molecule has 20 heavy (non-hydrogen) atoms. The summed E-state index contributed by atoms with van der Waals surface area (Å²) in [5, 5.41) is 2.08. The van der Waals surface area contributed by atoms with Gasteiger partial charge in [-0.25, -0.2) is 5.01 Å². The highest BCUT2D eigenvalue weighted by Crippen LogP contribution is 2.42. The standard InChI is InChI=1S/C17H18N2O/c20-13-18-19-16(14-7-3-1-4-8-14)11-12-17(19)15-9-5-2-6-10-15/h1-10,13,16-17H,11-12H2,(H,18,20)/t16-,17-/m0/s1. The van der Waals surface area contributed by atoms with Gasteiger partial charge in [0, 0.05) is 0 Å². The number of amides is 1. The first-order valence-electron chi connectivity index (χ1n) is 6.98. The van der Waals surface area contributed by atoms with Crippen LogP contribution in [0.4, 0.5) is 0 Å². The number of rotatable bonds is 4. The summed E-state index contributed by atoms with van der Waals surface area (Å²) in [5.74, 6) is 0. The van der Waals surface area contributed by atoms with Crippen molar-refractivity contribution in [1.29, 1.82) is 0 Å². The summed E-state index contributed by atoms with van der Waals surface area (Å²) in [4.78, 5) is 11.0. The minimum absolute atomic E-state index is 0.242. The lowest BCUT2D eigenvalue weighted by Crippen LogP contribution is -2.38. The molecule has 0 radical (unpaired) electrons. The largest absolute Gasteiger partial charge is 0.290 e. The second kappa shape index (κ2) is 5.88. The van der Waals surface area contributed by atoms with E-state index in [1.54, 1.807) is 0 Å². The molecule has 0 saturated carbocycles. The maximum absolute atomic E-state index is 11.0. The van der Waals surface area contributed by atoms with Gasteiger partial charge in [0.2, 0.25) is 6.41 Å². The predicted molar refractivity (Wildman–Crippen MR) is 78.6 cm³/mol. The Kier molecular flexibility index (Phi) is 3.79. The molecule has 1 aliphatic rings. The van der Waals surface area contributed by atoms with Crippen LogP contribution < -0.4 is 5.43 Å². The van der Waals surface area contributed by atoms with Crippen LogP contribution >= 0.6 is 0 Å². The molecule has 2 aromatic rings. The van der Waals surface area contributed by atoms with Crippen LogP contribution in [0.15, 0.2) is 60.7 Å². The molecule has 0 aromatic heterocycles. The molecular weight excluding hydrogens is 248 g/mol. The fourth-order valence-electron chi connectivity index (χ4n) is 3.06. The van der Waals surface area contributed by atoms with Crippen molar-refractivity contribution >= 4 is 6.41 Å². The van der Waals surface area contributed by atoms with Crippen LogP contribution in [0.2, 0.25) is 0 Å². The first kappa shape index (κ1) is 12.9. The highest BCUT2D eigenvalue weighted by molar-refractivity contribution is 5.45. The van der Waals surface area contributed by atoms with Gasteiger partial charge in [-0.1, -0.05) is 60.7 Å². The third kappa shape index (κ3) is 2.45. The van der Waals surface area contributed by atoms with Crippen molar-refractivity contribution in [1.82, 2.24) is 10.4 Å². The zero-order valence-electron chi connectivity index (χ0n) is 11.3. The molecule has 3 nitrogen and oxygen atoms in total. The van der Waals surface area contributed by atoms with Gasteiger partial charge >= 0.3 is 0 Å². The van der Waals surface area contributed by atoms with E-state index in [4.69, 9.17) is 0 Å². The molecule has 3 rings (SSSR count). The minimum atomic E-state index is 0.242. The number of carbonyl (C=O) groups excluding carboxylic acids is 1. The van der Waals surface area contributed by atoms with Crippen LogP contribution in [-0.2, 0) is 4.79 Å². The molecule has 1 N–H and O–H groups in total. The summed E-state index contributed by atoms with van der Waals surface area (Å²) in [6.45, 7) is 0. The highest BCUT2D eigenvalue weighted by atomic mass is 16.1. The van der Waals surface area contributed by atoms with Crippen molar-refractivity contribution < 1.29 is 4.79 Å². The van der Waals surface area contributed by atoms with Gasteiger partial charge in [0.25, 0.3) is 0 Å². The molecule has 1 fully saturated rings. The average Bonchev–Trinajstić information content (AvgIpc) is 2.93. The molecule has 102 valence electrons. The van der Waals surface area contributed by atoms with Crippen LogP contribution in [0.3, 0.4) is 0 Å². The monoisotopic (exact) mass is 266 g/mol. The fourth-order valence-corrected chi connectivity index (χ4v) is 3.06. The van der Waals surface area contributed by atoms with Gasteiger partial charge in [-0.05, 0) is 24.0 Å². The molecule has 0 unspecified atom stereocenters. The van der Waals surface area contributed by atoms with E-state index in [2.05, 4.69) is 34.7 Å². The Morgan fingerprint density at radius 3 is 1.70 bits per heavy atom. The number of hydrogen-bond acceptors (Lipinski definition) is 2. The first-order chi connectivity index (χ1) is 9.90. The van der Waals surface area contributed by atoms with Crippen LogP contribution in [0.5, 0.6) is 0 Å². The normalized spacial score (nSPS) is 22.6. The van der Waals surface area contributed by atoms with Crippen LogP contribution in [0.1, 0.15) is 36.1 Å². The van der Waals surface area contributed by atoms with Crippen molar-refractivity contribution in [2.45, 2.75) is 24.9 Å². The molecule has 2 atom stereocenters. The van der Waals surface area contributed by atoms with E-state index in [0.29, 0.717) is 0 Å². The van der Waals surface area contributed by atoms with Gasteiger partial charge in [-0.15, -0.1) is 0 Å². The summed E-state index contributed by atoms with van der Waals surface area (Å²) < 4.78 is 0. The van der Waals surface area contributed by atoms with Gasteiger partial charge in [0.15, 0.2) is 0 Å². The summed E-state index contributed by atoms with van der Waals surface area (Å²) >= 11 is 0. The summed E-state index contributed by atoms with van der Waals surface area (Å²) in [5.41, 5.74) is 5.39. The molecule has 0 aliphatic carbocycles. The van der Waals surface area contributed by atoms with Gasteiger partial charge in [0.1, 0.15) is 0 Å². The smallest absolute Gasteiger partial charge is 0.221 e. The van der Waals surface area contributed by atoms with E-state index in [0.717, 1.165) is 19.3 Å². The lowest BCUT2D eigenvalue weighted by molar-refractivity contribution is -0.115. The number of carbonyl (C=O) groups is 1. The SMILES string of the molecule is O=CNN1[C@H](c2ccccc2)CC[C@H]1c1ccccc1. The van der Waals surface area contributed by atoms with E-state index in [-0.39, 0.29) is 12.1 Å². The van der Waals surface area contributed by atoms with E-state index in [9.17, 15) is 4.79 Å². The molecule has 3 heteroatoms. The van der Waals surface area contributed by atoms with Crippen molar-refractivity contribution in [2.75, 3.05) is 0 Å². The Bertz CT molecular complexity index is 508. The molecule has 1 heterocycles. The van der Waals surface area contributed by atoms with Gasteiger partial charge < -0.3 is 0 Å². The summed E-state index contributed by atoms with van der Waals surface area (Å²) in [6, 6.07) is 21.2. The summed E-state index contributed by atoms with van der Waals surface area (Å²) in [6.07, 6.45) is 2.87.